The Morgan fingerprint density at radius 3 is 0.955 bits per heavy atom. The minimum absolute atomic E-state index is 0.539. The molecule has 4 rings (SSSR count). The van der Waals surface area contributed by atoms with Gasteiger partial charge in [0.1, 0.15) is 0 Å². The molecular formula is C12H4Cl4N4Te2. The van der Waals surface area contributed by atoms with Gasteiger partial charge in [-0.15, -0.1) is 0 Å². The summed E-state index contributed by atoms with van der Waals surface area (Å²) in [5.74, 6) is 0. The van der Waals surface area contributed by atoms with E-state index in [9.17, 15) is 0 Å². The summed E-state index contributed by atoms with van der Waals surface area (Å²) in [6.45, 7) is 0. The predicted octanol–water partition coefficient (Wildman–Crippen LogP) is 3.99. The number of rotatable bonds is 0. The number of hydrogen-bond acceptors (Lipinski definition) is 4. The summed E-state index contributed by atoms with van der Waals surface area (Å²) < 4.78 is 16.9. The fraction of sp³-hybridized carbons (Fsp3) is 0. The van der Waals surface area contributed by atoms with E-state index in [-0.39, 0.29) is 0 Å². The minimum atomic E-state index is -0.539. The molecule has 0 radical (unpaired) electrons. The van der Waals surface area contributed by atoms with E-state index in [1.54, 1.807) is 24.3 Å². The third-order valence-electron chi connectivity index (χ3n) is 2.59. The van der Waals surface area contributed by atoms with E-state index >= 15 is 0 Å². The summed E-state index contributed by atoms with van der Waals surface area (Å²) in [6, 6.07) is 7.06. The van der Waals surface area contributed by atoms with Crippen molar-refractivity contribution in [2.75, 3.05) is 0 Å². The van der Waals surface area contributed by atoms with Gasteiger partial charge < -0.3 is 0 Å². The van der Waals surface area contributed by atoms with Crippen LogP contribution in [-0.2, 0) is 0 Å². The number of nitrogens with zero attached hydrogens (tertiary/aromatic N) is 4. The SMILES string of the molecule is Clc1cc2n[te]nc2cc1Cl.Clc1cc2n[te]nc2cc1Cl. The van der Waals surface area contributed by atoms with Crippen molar-refractivity contribution in [1.29, 1.82) is 0 Å². The number of benzene rings is 2. The van der Waals surface area contributed by atoms with Crippen LogP contribution in [0, 0.1) is 0 Å². The standard InChI is InChI=1S/2C6H2Cl2N2Te/c2*7-3-1-5-6(2-4(3)8)10-11-9-5/h2*1-2H. The van der Waals surface area contributed by atoms with Crippen LogP contribution in [0.3, 0.4) is 0 Å². The second-order valence-corrected chi connectivity index (χ2v) is 8.68. The zero-order valence-electron chi connectivity index (χ0n) is 10.4. The molecule has 112 valence electrons. The first-order valence-corrected chi connectivity index (χ1v) is 11.4. The van der Waals surface area contributed by atoms with Crippen molar-refractivity contribution in [3.05, 3.63) is 44.4 Å². The Bertz CT molecular complexity index is 803. The molecule has 0 fully saturated rings. The van der Waals surface area contributed by atoms with Gasteiger partial charge in [0.15, 0.2) is 0 Å². The van der Waals surface area contributed by atoms with Crippen molar-refractivity contribution in [2.45, 2.75) is 0 Å². The van der Waals surface area contributed by atoms with Gasteiger partial charge in [-0.1, -0.05) is 0 Å². The van der Waals surface area contributed by atoms with Crippen LogP contribution >= 0.6 is 46.4 Å². The van der Waals surface area contributed by atoms with Gasteiger partial charge in [0, 0.05) is 0 Å². The van der Waals surface area contributed by atoms with Crippen molar-refractivity contribution in [3.63, 3.8) is 0 Å². The molecule has 0 atom stereocenters. The average Bonchev–Trinajstić information content (AvgIpc) is 3.09. The topological polar surface area (TPSA) is 51.6 Å². The van der Waals surface area contributed by atoms with Crippen LogP contribution in [0.4, 0.5) is 0 Å². The number of hydrogen-bond donors (Lipinski definition) is 0. The molecule has 0 spiro atoms. The van der Waals surface area contributed by atoms with Crippen LogP contribution in [0.5, 0.6) is 0 Å². The molecule has 0 saturated carbocycles. The normalized spacial score (nSPS) is 10.7. The van der Waals surface area contributed by atoms with Crippen LogP contribution in [-0.4, -0.2) is 54.8 Å². The van der Waals surface area contributed by atoms with Crippen LogP contribution in [0.25, 0.3) is 22.1 Å². The second kappa shape index (κ2) is 7.51. The molecule has 0 aliphatic carbocycles. The summed E-state index contributed by atoms with van der Waals surface area (Å²) in [7, 11) is 0. The van der Waals surface area contributed by atoms with E-state index in [0.29, 0.717) is 20.1 Å². The first-order valence-electron chi connectivity index (χ1n) is 5.69. The molecular weight excluding hydrogens is 597 g/mol. The average molecular weight is 601 g/mol. The number of fused-ring (bicyclic) bond motifs is 2. The monoisotopic (exact) mass is 604 g/mol. The van der Waals surface area contributed by atoms with Crippen molar-refractivity contribution in [3.8, 4) is 0 Å². The van der Waals surface area contributed by atoms with Crippen LogP contribution in [0.1, 0.15) is 0 Å². The summed E-state index contributed by atoms with van der Waals surface area (Å²) in [5, 5.41) is 2.22. The van der Waals surface area contributed by atoms with Crippen LogP contribution in [0.15, 0.2) is 24.3 Å². The fourth-order valence-corrected chi connectivity index (χ4v) is 5.10. The summed E-state index contributed by atoms with van der Waals surface area (Å²) >= 11 is 22.0. The van der Waals surface area contributed by atoms with Gasteiger partial charge in [0.2, 0.25) is 0 Å². The van der Waals surface area contributed by atoms with E-state index < -0.39 is 42.0 Å². The molecule has 0 bridgehead atoms. The van der Waals surface area contributed by atoms with E-state index in [1.807, 2.05) is 0 Å². The molecule has 4 aromatic rings. The van der Waals surface area contributed by atoms with Gasteiger partial charge in [-0.3, -0.25) is 0 Å². The summed E-state index contributed by atoms with van der Waals surface area (Å²) in [6.07, 6.45) is 0. The summed E-state index contributed by atoms with van der Waals surface area (Å²) in [5.41, 5.74) is 3.56. The van der Waals surface area contributed by atoms with E-state index in [0.717, 1.165) is 22.1 Å². The molecule has 0 amide bonds. The molecule has 22 heavy (non-hydrogen) atoms. The van der Waals surface area contributed by atoms with Gasteiger partial charge in [0.05, 0.1) is 0 Å². The first-order chi connectivity index (χ1) is 10.5. The van der Waals surface area contributed by atoms with E-state index in [4.69, 9.17) is 46.4 Å². The maximum atomic E-state index is 5.77. The van der Waals surface area contributed by atoms with Crippen molar-refractivity contribution >= 4 is 110 Å². The van der Waals surface area contributed by atoms with Crippen LogP contribution < -0.4 is 0 Å². The van der Waals surface area contributed by atoms with Crippen molar-refractivity contribution < 1.29 is 0 Å². The third-order valence-corrected chi connectivity index (χ3v) is 7.21. The fourth-order valence-electron chi connectivity index (χ4n) is 1.56. The zero-order valence-corrected chi connectivity index (χ0v) is 18.1. The predicted molar refractivity (Wildman–Crippen MR) is 93.0 cm³/mol. The molecule has 0 unspecified atom stereocenters. The Morgan fingerprint density at radius 1 is 0.500 bits per heavy atom. The summed E-state index contributed by atoms with van der Waals surface area (Å²) in [4.78, 5) is 0. The van der Waals surface area contributed by atoms with Gasteiger partial charge in [0.25, 0.3) is 0 Å². The Hall–Kier alpha value is 0.379. The van der Waals surface area contributed by atoms with Gasteiger partial charge in [-0.2, -0.15) is 0 Å². The first kappa shape index (κ1) is 17.2. The van der Waals surface area contributed by atoms with E-state index in [2.05, 4.69) is 12.8 Å². The number of aromatic nitrogens is 4. The van der Waals surface area contributed by atoms with Crippen LogP contribution in [0.2, 0.25) is 20.1 Å². The molecule has 0 N–H and O–H groups in total. The molecule has 10 heteroatoms. The van der Waals surface area contributed by atoms with Gasteiger partial charge in [-0.05, 0) is 0 Å². The molecule has 0 aliphatic rings. The van der Waals surface area contributed by atoms with Gasteiger partial charge in [-0.25, -0.2) is 0 Å². The molecule has 2 heterocycles. The Balaban J connectivity index is 0.000000131. The Kier molecular flexibility index (Phi) is 5.88. The van der Waals surface area contributed by atoms with E-state index in [1.165, 1.54) is 0 Å². The third kappa shape index (κ3) is 3.89. The molecule has 0 saturated heterocycles. The Labute approximate surface area is 166 Å². The van der Waals surface area contributed by atoms with Crippen molar-refractivity contribution in [2.24, 2.45) is 0 Å². The Morgan fingerprint density at radius 2 is 0.727 bits per heavy atom. The molecule has 2 aromatic carbocycles. The van der Waals surface area contributed by atoms with Gasteiger partial charge >= 0.3 is 168 Å². The quantitative estimate of drug-likeness (QED) is 0.287. The zero-order chi connectivity index (χ0) is 15.7. The molecule has 2 aromatic heterocycles. The molecule has 4 nitrogen and oxygen atoms in total. The second-order valence-electron chi connectivity index (χ2n) is 4.04. The molecule has 0 aliphatic heterocycles. The van der Waals surface area contributed by atoms with Crippen molar-refractivity contribution in [1.82, 2.24) is 12.8 Å². The maximum absolute atomic E-state index is 5.77. The number of halogens is 4.